The average Bonchev–Trinajstić information content (AvgIpc) is 2.85. The van der Waals surface area contributed by atoms with Crippen molar-refractivity contribution in [3.05, 3.63) is 39.8 Å². The van der Waals surface area contributed by atoms with Gasteiger partial charge in [-0.3, -0.25) is 0 Å². The van der Waals surface area contributed by atoms with Crippen molar-refractivity contribution in [3.8, 4) is 0 Å². The summed E-state index contributed by atoms with van der Waals surface area (Å²) in [6.45, 7) is 4.10. The van der Waals surface area contributed by atoms with Crippen LogP contribution in [-0.2, 0) is 10.8 Å². The first-order valence-electron chi connectivity index (χ1n) is 8.42. The van der Waals surface area contributed by atoms with Gasteiger partial charge in [-0.25, -0.2) is 14.1 Å². The number of nitrogens with one attached hydrogen (secondary N) is 1. The van der Waals surface area contributed by atoms with E-state index in [4.69, 9.17) is 11.6 Å². The Balaban J connectivity index is 1.70. The van der Waals surface area contributed by atoms with Crippen LogP contribution in [0.25, 0.3) is 0 Å². The maximum absolute atomic E-state index is 12.6. The van der Waals surface area contributed by atoms with Crippen molar-refractivity contribution in [2.75, 3.05) is 0 Å². The van der Waals surface area contributed by atoms with Crippen molar-refractivity contribution in [1.82, 2.24) is 5.32 Å². The van der Waals surface area contributed by atoms with E-state index in [0.29, 0.717) is 11.5 Å². The molecule has 3 aliphatic rings. The van der Waals surface area contributed by atoms with Crippen LogP contribution >= 0.6 is 11.6 Å². The van der Waals surface area contributed by atoms with Crippen LogP contribution in [0.4, 0.5) is 4.79 Å². The molecule has 24 heavy (non-hydrogen) atoms. The molecule has 2 aliphatic carbocycles. The Morgan fingerprint density at radius 2 is 2.08 bits per heavy atom. The number of halogens is 1. The van der Waals surface area contributed by atoms with Gasteiger partial charge in [-0.2, -0.15) is 10.9 Å². The summed E-state index contributed by atoms with van der Waals surface area (Å²) in [6.07, 6.45) is 10.5. The van der Waals surface area contributed by atoms with Gasteiger partial charge in [0.15, 0.2) is 5.55 Å². The lowest BCUT2D eigenvalue weighted by Gasteiger charge is -2.24. The molecule has 2 amide bonds. The molecular formula is C18H23ClN2O2S. The van der Waals surface area contributed by atoms with Gasteiger partial charge in [-0.1, -0.05) is 31.0 Å². The Bertz CT molecular complexity index is 685. The van der Waals surface area contributed by atoms with Crippen LogP contribution in [0.3, 0.4) is 0 Å². The SMILES string of the molecule is CC1=C([C-]2C=CC(Cl)=CC2)S(=O)C=[N+]1C(=O)NC1CCC(C)CC1. The van der Waals surface area contributed by atoms with E-state index in [1.54, 1.807) is 6.08 Å². The number of amides is 2. The molecule has 4 nitrogen and oxygen atoms in total. The monoisotopic (exact) mass is 366 g/mol. The topological polar surface area (TPSA) is 49.2 Å². The highest BCUT2D eigenvalue weighted by molar-refractivity contribution is 8.02. The van der Waals surface area contributed by atoms with E-state index in [1.165, 1.54) is 10.1 Å². The first-order valence-corrected chi connectivity index (χ1v) is 10.0. The molecule has 0 aromatic rings. The molecule has 0 aromatic carbocycles. The molecule has 1 atom stereocenters. The van der Waals surface area contributed by atoms with Crippen LogP contribution in [0.5, 0.6) is 0 Å². The molecular weight excluding hydrogens is 344 g/mol. The predicted octanol–water partition coefficient (Wildman–Crippen LogP) is 3.97. The number of hydrogen-bond acceptors (Lipinski definition) is 2. The molecule has 1 fully saturated rings. The van der Waals surface area contributed by atoms with E-state index in [9.17, 15) is 9.00 Å². The second-order valence-electron chi connectivity index (χ2n) is 6.75. The summed E-state index contributed by atoms with van der Waals surface area (Å²) in [5.41, 5.74) is 2.24. The first-order chi connectivity index (χ1) is 11.5. The zero-order valence-corrected chi connectivity index (χ0v) is 15.6. The summed E-state index contributed by atoms with van der Waals surface area (Å²) < 4.78 is 14.0. The maximum Gasteiger partial charge on any atom is 0.485 e. The average molecular weight is 367 g/mol. The van der Waals surface area contributed by atoms with Crippen molar-refractivity contribution in [2.45, 2.75) is 52.0 Å². The molecule has 1 heterocycles. The second kappa shape index (κ2) is 7.28. The lowest BCUT2D eigenvalue weighted by Crippen LogP contribution is -2.41. The molecule has 1 unspecified atom stereocenters. The molecule has 3 rings (SSSR count). The third-order valence-corrected chi connectivity index (χ3v) is 6.55. The van der Waals surface area contributed by atoms with Crippen LogP contribution in [0.1, 0.15) is 46.0 Å². The third-order valence-electron chi connectivity index (χ3n) is 4.91. The summed E-state index contributed by atoms with van der Waals surface area (Å²) in [4.78, 5) is 13.3. The highest BCUT2D eigenvalue weighted by Crippen LogP contribution is 2.33. The van der Waals surface area contributed by atoms with Gasteiger partial charge in [0.2, 0.25) is 0 Å². The molecule has 6 heteroatoms. The molecule has 130 valence electrons. The Hall–Kier alpha value is -1.33. The molecule has 1 saturated carbocycles. The zero-order valence-electron chi connectivity index (χ0n) is 14.0. The van der Waals surface area contributed by atoms with Gasteiger partial charge < -0.3 is 0 Å². The molecule has 1 aliphatic heterocycles. The number of rotatable bonds is 2. The summed E-state index contributed by atoms with van der Waals surface area (Å²) in [5.74, 6) is 1.69. The smallest absolute Gasteiger partial charge is 0.248 e. The molecule has 1 N–H and O–H groups in total. The summed E-state index contributed by atoms with van der Waals surface area (Å²) >= 11 is 5.95. The van der Waals surface area contributed by atoms with E-state index in [1.807, 2.05) is 19.1 Å². The van der Waals surface area contributed by atoms with Gasteiger partial charge in [0.1, 0.15) is 0 Å². The van der Waals surface area contributed by atoms with E-state index in [0.717, 1.165) is 48.1 Å². The minimum Gasteiger partial charge on any atom is -0.248 e. The highest BCUT2D eigenvalue weighted by atomic mass is 35.5. The van der Waals surface area contributed by atoms with Gasteiger partial charge in [-0.15, -0.1) is 12.0 Å². The highest BCUT2D eigenvalue weighted by Gasteiger charge is 2.31. The van der Waals surface area contributed by atoms with E-state index < -0.39 is 10.8 Å². The quantitative estimate of drug-likeness (QED) is 0.594. The van der Waals surface area contributed by atoms with Crippen molar-refractivity contribution in [1.29, 1.82) is 0 Å². The fourth-order valence-corrected chi connectivity index (χ4v) is 4.88. The van der Waals surface area contributed by atoms with Crippen molar-refractivity contribution in [2.24, 2.45) is 5.92 Å². The minimum absolute atomic E-state index is 0.177. The molecule has 0 bridgehead atoms. The summed E-state index contributed by atoms with van der Waals surface area (Å²) in [5, 5.41) is 3.78. The number of carbonyl (C=O) groups is 1. The van der Waals surface area contributed by atoms with Gasteiger partial charge in [0.05, 0.1) is 16.8 Å². The van der Waals surface area contributed by atoms with Gasteiger partial charge in [0.25, 0.3) is 0 Å². The van der Waals surface area contributed by atoms with E-state index >= 15 is 0 Å². The van der Waals surface area contributed by atoms with Gasteiger partial charge in [0, 0.05) is 5.70 Å². The number of nitrogens with zero attached hydrogens (tertiary/aromatic N) is 1. The van der Waals surface area contributed by atoms with Crippen LogP contribution in [0.15, 0.2) is 33.9 Å². The van der Waals surface area contributed by atoms with Crippen LogP contribution < -0.4 is 5.32 Å². The van der Waals surface area contributed by atoms with Gasteiger partial charge in [-0.05, 0) is 48.5 Å². The van der Waals surface area contributed by atoms with Gasteiger partial charge >= 0.3 is 6.03 Å². The van der Waals surface area contributed by atoms with Crippen molar-refractivity contribution < 1.29 is 13.6 Å². The normalized spacial score (nSPS) is 30.3. The number of carbonyl (C=O) groups excluding carboxylic acids is 1. The molecule has 0 aromatic heterocycles. The summed E-state index contributed by atoms with van der Waals surface area (Å²) in [6, 6.07) is 0.0423. The fraction of sp³-hybridized carbons (Fsp3) is 0.500. The van der Waals surface area contributed by atoms with Crippen LogP contribution in [0.2, 0.25) is 0 Å². The standard InChI is InChI=1S/C18H23ClN2O2S/c1-12-3-9-16(10-4-12)20-18(22)21-11-24(23)17(13(21)2)14-5-7-15(19)8-6-14/h5,7-8,11-12,16H,3-4,6,9-10H2,1-2H3,(H,20,22). The Morgan fingerprint density at radius 1 is 1.38 bits per heavy atom. The lowest BCUT2D eigenvalue weighted by molar-refractivity contribution is -0.364. The summed E-state index contributed by atoms with van der Waals surface area (Å²) in [7, 11) is -1.30. The molecule has 0 saturated heterocycles. The largest absolute Gasteiger partial charge is 0.485 e. The molecule has 0 spiro atoms. The molecule has 0 radical (unpaired) electrons. The Morgan fingerprint density at radius 3 is 2.71 bits per heavy atom. The third kappa shape index (κ3) is 3.67. The van der Waals surface area contributed by atoms with E-state index in [2.05, 4.69) is 12.2 Å². The van der Waals surface area contributed by atoms with Crippen molar-refractivity contribution >= 4 is 34.0 Å². The number of hydrogen-bond donors (Lipinski definition) is 1. The Labute approximate surface area is 150 Å². The van der Waals surface area contributed by atoms with E-state index in [-0.39, 0.29) is 12.1 Å². The maximum atomic E-state index is 12.6. The number of allylic oxidation sites excluding steroid dienone is 6. The number of urea groups is 1. The van der Waals surface area contributed by atoms with Crippen LogP contribution in [0, 0.1) is 11.8 Å². The zero-order chi connectivity index (χ0) is 17.3. The van der Waals surface area contributed by atoms with Crippen molar-refractivity contribution in [3.63, 3.8) is 0 Å². The second-order valence-corrected chi connectivity index (χ2v) is 8.40. The Kier molecular flexibility index (Phi) is 5.30. The van der Waals surface area contributed by atoms with Crippen LogP contribution in [-0.4, -0.2) is 26.4 Å². The predicted molar refractivity (Wildman–Crippen MR) is 98.1 cm³/mol. The minimum atomic E-state index is -1.30. The fourth-order valence-electron chi connectivity index (χ4n) is 3.38. The first kappa shape index (κ1) is 17.5. The lowest BCUT2D eigenvalue weighted by atomic mass is 9.87.